The quantitative estimate of drug-likeness (QED) is 0.577. The van der Waals surface area contributed by atoms with E-state index in [-0.39, 0.29) is 5.91 Å². The zero-order chi connectivity index (χ0) is 20.9. The number of amides is 1. The van der Waals surface area contributed by atoms with E-state index in [9.17, 15) is 4.79 Å². The number of nitrogens with one attached hydrogen (secondary N) is 1. The lowest BCUT2D eigenvalue weighted by atomic mass is 10.1. The van der Waals surface area contributed by atoms with E-state index in [0.717, 1.165) is 34.1 Å². The highest BCUT2D eigenvalue weighted by Gasteiger charge is 2.16. The molecule has 0 spiro atoms. The van der Waals surface area contributed by atoms with E-state index >= 15 is 0 Å². The van der Waals surface area contributed by atoms with Crippen molar-refractivity contribution in [1.29, 1.82) is 0 Å². The minimum absolute atomic E-state index is 0.137. The van der Waals surface area contributed by atoms with Gasteiger partial charge in [-0.05, 0) is 50.1 Å². The van der Waals surface area contributed by atoms with E-state index in [1.165, 1.54) is 11.8 Å². The molecule has 1 aromatic carbocycles. The highest BCUT2D eigenvalue weighted by molar-refractivity contribution is 7.98. The number of fused-ring (bicyclic) bond motifs is 1. The lowest BCUT2D eigenvalue weighted by Gasteiger charge is -2.18. The molecule has 1 amide bonds. The number of hydrogen-bond acceptors (Lipinski definition) is 7. The fraction of sp³-hybridized carbons (Fsp3) is 0.318. The third-order valence-electron chi connectivity index (χ3n) is 4.86. The topological polar surface area (TPSA) is 86.5 Å². The summed E-state index contributed by atoms with van der Waals surface area (Å²) in [5.41, 5.74) is 3.55. The largest absolute Gasteiger partial charge is 0.486 e. The van der Waals surface area contributed by atoms with Crippen LogP contribution in [-0.4, -0.2) is 35.8 Å². The van der Waals surface area contributed by atoms with Crippen molar-refractivity contribution in [2.45, 2.75) is 31.0 Å². The van der Waals surface area contributed by atoms with Gasteiger partial charge in [0, 0.05) is 24.1 Å². The zero-order valence-electron chi connectivity index (χ0n) is 16.9. The predicted octanol–water partition coefficient (Wildman–Crippen LogP) is 3.72. The second kappa shape index (κ2) is 9.21. The van der Waals surface area contributed by atoms with Crippen molar-refractivity contribution in [2.75, 3.05) is 19.8 Å². The lowest BCUT2D eigenvalue weighted by molar-refractivity contribution is 0.0950. The van der Waals surface area contributed by atoms with Crippen LogP contribution in [0.1, 0.15) is 32.9 Å². The summed E-state index contributed by atoms with van der Waals surface area (Å²) >= 11 is 1.50. The van der Waals surface area contributed by atoms with Gasteiger partial charge in [0.05, 0.1) is 11.3 Å². The van der Waals surface area contributed by atoms with E-state index in [2.05, 4.69) is 15.5 Å². The number of aryl methyl sites for hydroxylation is 2. The van der Waals surface area contributed by atoms with Crippen molar-refractivity contribution in [1.82, 2.24) is 15.5 Å². The Labute approximate surface area is 179 Å². The molecule has 0 saturated carbocycles. The monoisotopic (exact) mass is 425 g/mol. The Balaban J connectivity index is 1.36. The van der Waals surface area contributed by atoms with Crippen LogP contribution in [0.25, 0.3) is 0 Å². The molecule has 0 fully saturated rings. The van der Waals surface area contributed by atoms with Crippen LogP contribution in [0.2, 0.25) is 0 Å². The van der Waals surface area contributed by atoms with E-state index < -0.39 is 0 Å². The van der Waals surface area contributed by atoms with Crippen molar-refractivity contribution in [3.05, 3.63) is 64.7 Å². The number of ether oxygens (including phenoxy) is 2. The Morgan fingerprint density at radius 2 is 2.00 bits per heavy atom. The molecule has 3 aromatic rings. The van der Waals surface area contributed by atoms with E-state index in [1.807, 2.05) is 32.0 Å². The molecule has 0 radical (unpaired) electrons. The van der Waals surface area contributed by atoms with Crippen molar-refractivity contribution in [3.8, 4) is 11.5 Å². The third-order valence-corrected chi connectivity index (χ3v) is 5.89. The third kappa shape index (κ3) is 4.59. The maximum Gasteiger partial charge on any atom is 0.254 e. The van der Waals surface area contributed by atoms with Crippen LogP contribution in [0.15, 0.2) is 46.1 Å². The maximum absolute atomic E-state index is 12.7. The minimum Gasteiger partial charge on any atom is -0.486 e. The van der Waals surface area contributed by atoms with Gasteiger partial charge in [0.25, 0.3) is 5.91 Å². The molecule has 156 valence electrons. The summed E-state index contributed by atoms with van der Waals surface area (Å²) in [7, 11) is 0. The number of benzene rings is 1. The van der Waals surface area contributed by atoms with Gasteiger partial charge in [-0.15, -0.1) is 11.8 Å². The number of carbonyl (C=O) groups is 1. The van der Waals surface area contributed by atoms with Crippen molar-refractivity contribution in [2.24, 2.45) is 0 Å². The van der Waals surface area contributed by atoms with Gasteiger partial charge in [-0.1, -0.05) is 11.2 Å². The van der Waals surface area contributed by atoms with Crippen LogP contribution < -0.4 is 14.8 Å². The van der Waals surface area contributed by atoms with Gasteiger partial charge in [-0.2, -0.15) is 0 Å². The molecule has 2 aromatic heterocycles. The first-order valence-corrected chi connectivity index (χ1v) is 10.8. The molecule has 0 unspecified atom stereocenters. The Morgan fingerprint density at radius 3 is 2.80 bits per heavy atom. The van der Waals surface area contributed by atoms with E-state index in [0.29, 0.717) is 42.5 Å². The van der Waals surface area contributed by atoms with Crippen LogP contribution in [0.5, 0.6) is 11.5 Å². The van der Waals surface area contributed by atoms with Crippen LogP contribution in [-0.2, 0) is 12.2 Å². The Kier molecular flexibility index (Phi) is 6.23. The molecule has 0 saturated heterocycles. The highest BCUT2D eigenvalue weighted by Crippen LogP contribution is 2.31. The van der Waals surface area contributed by atoms with E-state index in [1.54, 1.807) is 18.3 Å². The average molecular weight is 426 g/mol. The number of nitrogens with zero attached hydrogens (tertiary/aromatic N) is 2. The van der Waals surface area contributed by atoms with Crippen LogP contribution in [0.4, 0.5) is 0 Å². The molecule has 1 aliphatic rings. The van der Waals surface area contributed by atoms with Crippen LogP contribution in [0.3, 0.4) is 0 Å². The van der Waals surface area contributed by atoms with Crippen molar-refractivity contribution >= 4 is 17.7 Å². The van der Waals surface area contributed by atoms with Crippen LogP contribution in [0, 0.1) is 13.8 Å². The number of hydrogen-bond donors (Lipinski definition) is 1. The molecule has 4 rings (SSSR count). The second-order valence-corrected chi connectivity index (χ2v) is 7.90. The summed E-state index contributed by atoms with van der Waals surface area (Å²) in [6.45, 7) is 5.45. The van der Waals surface area contributed by atoms with Gasteiger partial charge in [-0.3, -0.25) is 4.79 Å². The highest BCUT2D eigenvalue weighted by atomic mass is 32.2. The molecule has 30 heavy (non-hydrogen) atoms. The summed E-state index contributed by atoms with van der Waals surface area (Å²) in [4.78, 5) is 17.1. The van der Waals surface area contributed by atoms with Gasteiger partial charge in [0.2, 0.25) is 0 Å². The zero-order valence-corrected chi connectivity index (χ0v) is 17.8. The predicted molar refractivity (Wildman–Crippen MR) is 113 cm³/mol. The lowest BCUT2D eigenvalue weighted by Crippen LogP contribution is -2.26. The number of carbonyl (C=O) groups excluding carboxylic acids is 1. The fourth-order valence-electron chi connectivity index (χ4n) is 3.19. The molecule has 0 aliphatic carbocycles. The molecule has 1 N–H and O–H groups in total. The summed E-state index contributed by atoms with van der Waals surface area (Å²) in [5.74, 6) is 2.83. The minimum atomic E-state index is -0.137. The van der Waals surface area contributed by atoms with Crippen molar-refractivity contribution in [3.63, 3.8) is 0 Å². The standard InChI is InChI=1S/C22H23N3O4S/c1-14-18(15(2)29-25-14)13-30-22-17(4-3-8-24-22)21(26)23-9-7-16-5-6-19-20(12-16)28-11-10-27-19/h3-6,8,12H,7,9-11,13H2,1-2H3,(H,23,26). The molecule has 0 atom stereocenters. The molecule has 3 heterocycles. The normalized spacial score (nSPS) is 12.6. The number of pyridine rings is 1. The van der Waals surface area contributed by atoms with E-state index in [4.69, 9.17) is 14.0 Å². The van der Waals surface area contributed by atoms with Gasteiger partial charge in [0.1, 0.15) is 24.0 Å². The Bertz CT molecular complexity index is 1030. The summed E-state index contributed by atoms with van der Waals surface area (Å²) in [6.07, 6.45) is 2.39. The number of aromatic nitrogens is 2. The second-order valence-electron chi connectivity index (χ2n) is 6.93. The number of rotatable bonds is 7. The van der Waals surface area contributed by atoms with Gasteiger partial charge < -0.3 is 19.3 Å². The molecule has 1 aliphatic heterocycles. The van der Waals surface area contributed by atoms with Crippen LogP contribution >= 0.6 is 11.8 Å². The summed E-state index contributed by atoms with van der Waals surface area (Å²) in [5, 5.41) is 7.66. The van der Waals surface area contributed by atoms with Gasteiger partial charge >= 0.3 is 0 Å². The first-order chi connectivity index (χ1) is 14.6. The number of thioether (sulfide) groups is 1. The Hall–Kier alpha value is -3.00. The molecular formula is C22H23N3O4S. The first kappa shape index (κ1) is 20.3. The summed E-state index contributed by atoms with van der Waals surface area (Å²) in [6, 6.07) is 9.44. The van der Waals surface area contributed by atoms with Crippen molar-refractivity contribution < 1.29 is 18.8 Å². The molecule has 7 nitrogen and oxygen atoms in total. The van der Waals surface area contributed by atoms with Gasteiger partial charge in [-0.25, -0.2) is 4.98 Å². The van der Waals surface area contributed by atoms with Gasteiger partial charge in [0.15, 0.2) is 11.5 Å². The maximum atomic E-state index is 12.7. The first-order valence-electron chi connectivity index (χ1n) is 9.78. The average Bonchev–Trinajstić information content (AvgIpc) is 3.09. The fourth-order valence-corrected chi connectivity index (χ4v) is 4.33. The summed E-state index contributed by atoms with van der Waals surface area (Å²) < 4.78 is 16.4. The molecular weight excluding hydrogens is 402 g/mol. The smallest absolute Gasteiger partial charge is 0.254 e. The molecule has 0 bridgehead atoms. The SMILES string of the molecule is Cc1noc(C)c1CSc1ncccc1C(=O)NCCc1ccc2c(c1)OCCO2. The molecule has 8 heteroatoms. The Morgan fingerprint density at radius 1 is 1.17 bits per heavy atom.